The number of hydrogen-bond acceptors (Lipinski definition) is 1. The topological polar surface area (TPSA) is 12.0 Å². The van der Waals surface area contributed by atoms with Crippen LogP contribution >= 0.6 is 0 Å². The zero-order valence-corrected chi connectivity index (χ0v) is 17.2. The van der Waals surface area contributed by atoms with E-state index in [1.165, 1.54) is 51.7 Å². The Hall–Kier alpha value is -0.0800. The Balaban J connectivity index is 3.82. The van der Waals surface area contributed by atoms with Crippen molar-refractivity contribution < 1.29 is 4.48 Å². The minimum absolute atomic E-state index is 0.394. The molecule has 0 aliphatic rings. The lowest BCUT2D eigenvalue weighted by atomic mass is 9.72. The Morgan fingerprint density at radius 2 is 1.36 bits per heavy atom. The van der Waals surface area contributed by atoms with Gasteiger partial charge in [-0.1, -0.05) is 48.0 Å². The smallest absolute Gasteiger partial charge is 0.0780 e. The van der Waals surface area contributed by atoms with E-state index in [0.717, 1.165) is 10.4 Å². The molecule has 0 aliphatic heterocycles. The highest BCUT2D eigenvalue weighted by Gasteiger charge is 2.28. The number of nitrogens with one attached hydrogen (secondary N) is 1. The Morgan fingerprint density at radius 3 is 1.82 bits per heavy atom. The van der Waals surface area contributed by atoms with E-state index < -0.39 is 0 Å². The third kappa shape index (κ3) is 13.6. The van der Waals surface area contributed by atoms with Crippen molar-refractivity contribution in [2.75, 3.05) is 40.8 Å². The molecule has 0 bridgehead atoms. The summed E-state index contributed by atoms with van der Waals surface area (Å²) in [5, 5.41) is 3.72. The molecule has 2 heteroatoms. The van der Waals surface area contributed by atoms with Crippen LogP contribution in [-0.4, -0.2) is 45.3 Å². The maximum atomic E-state index is 3.72. The van der Waals surface area contributed by atoms with Gasteiger partial charge in [-0.2, -0.15) is 0 Å². The molecule has 0 saturated carbocycles. The normalized spacial score (nSPS) is 15.1. The second-order valence-corrected chi connectivity index (χ2v) is 10.5. The highest BCUT2D eigenvalue weighted by Crippen LogP contribution is 2.35. The molecule has 0 heterocycles. The summed E-state index contributed by atoms with van der Waals surface area (Å²) in [5.41, 5.74) is 0.815. The molecule has 2 nitrogen and oxygen atoms in total. The van der Waals surface area contributed by atoms with Crippen LogP contribution in [0.4, 0.5) is 0 Å². The molecule has 1 N–H and O–H groups in total. The molecule has 0 radical (unpaired) electrons. The number of nitrogens with zero attached hydrogens (tertiary/aromatic N) is 1. The first-order valence-corrected chi connectivity index (χ1v) is 9.32. The van der Waals surface area contributed by atoms with E-state index in [1.807, 2.05) is 0 Å². The van der Waals surface area contributed by atoms with Crippen LogP contribution < -0.4 is 5.32 Å². The highest BCUT2D eigenvalue weighted by atomic mass is 15.3. The lowest BCUT2D eigenvalue weighted by molar-refractivity contribution is -0.870. The van der Waals surface area contributed by atoms with E-state index in [9.17, 15) is 0 Å². The van der Waals surface area contributed by atoms with Crippen molar-refractivity contribution >= 4 is 0 Å². The molecule has 0 fully saturated rings. The van der Waals surface area contributed by atoms with Crippen LogP contribution in [0.1, 0.15) is 73.6 Å². The van der Waals surface area contributed by atoms with E-state index in [0.29, 0.717) is 10.8 Å². The van der Waals surface area contributed by atoms with Gasteiger partial charge in [0.2, 0.25) is 0 Å². The van der Waals surface area contributed by atoms with E-state index in [4.69, 9.17) is 0 Å². The summed E-state index contributed by atoms with van der Waals surface area (Å²) >= 11 is 0. The van der Waals surface area contributed by atoms with E-state index >= 15 is 0 Å². The van der Waals surface area contributed by atoms with Gasteiger partial charge in [0.25, 0.3) is 0 Å². The largest absolute Gasteiger partial charge is 0.331 e. The van der Waals surface area contributed by atoms with Crippen LogP contribution in [0.3, 0.4) is 0 Å². The molecule has 0 amide bonds. The van der Waals surface area contributed by atoms with Crippen LogP contribution in [0.15, 0.2) is 0 Å². The van der Waals surface area contributed by atoms with Crippen molar-refractivity contribution in [3.8, 4) is 0 Å². The molecule has 134 valence electrons. The summed E-state index contributed by atoms with van der Waals surface area (Å²) in [5.74, 6) is 0.755. The monoisotopic (exact) mass is 313 g/mol. The van der Waals surface area contributed by atoms with Crippen LogP contribution in [0, 0.1) is 16.7 Å². The average molecular weight is 314 g/mol. The lowest BCUT2D eigenvalue weighted by Gasteiger charge is -2.36. The Bertz CT molecular complexity index is 276. The maximum Gasteiger partial charge on any atom is 0.0780 e. The summed E-state index contributed by atoms with van der Waals surface area (Å²) in [6.45, 7) is 17.9. The lowest BCUT2D eigenvalue weighted by Crippen LogP contribution is -2.35. The molecule has 1 unspecified atom stereocenters. The van der Waals surface area contributed by atoms with Gasteiger partial charge in [-0.3, -0.25) is 0 Å². The number of quaternary nitrogens is 1. The van der Waals surface area contributed by atoms with E-state index in [1.54, 1.807) is 0 Å². The van der Waals surface area contributed by atoms with Crippen molar-refractivity contribution in [1.29, 1.82) is 0 Å². The molecule has 0 aromatic heterocycles. The van der Waals surface area contributed by atoms with Crippen LogP contribution in [0.25, 0.3) is 0 Å². The van der Waals surface area contributed by atoms with E-state index in [-0.39, 0.29) is 0 Å². The van der Waals surface area contributed by atoms with Crippen molar-refractivity contribution in [3.05, 3.63) is 0 Å². The molecule has 0 saturated heterocycles. The second kappa shape index (κ2) is 9.27. The van der Waals surface area contributed by atoms with Gasteiger partial charge >= 0.3 is 0 Å². The highest BCUT2D eigenvalue weighted by molar-refractivity contribution is 4.80. The Kier molecular flexibility index (Phi) is 9.24. The maximum absolute atomic E-state index is 3.72. The van der Waals surface area contributed by atoms with Gasteiger partial charge in [-0.05, 0) is 55.5 Å². The predicted molar refractivity (Wildman–Crippen MR) is 101 cm³/mol. The molecule has 1 atom stereocenters. The van der Waals surface area contributed by atoms with Crippen molar-refractivity contribution in [2.24, 2.45) is 16.7 Å². The zero-order chi connectivity index (χ0) is 17.4. The van der Waals surface area contributed by atoms with Crippen molar-refractivity contribution in [2.45, 2.75) is 73.6 Å². The van der Waals surface area contributed by atoms with Crippen LogP contribution in [0.2, 0.25) is 0 Å². The first kappa shape index (κ1) is 21.9. The number of unbranched alkanes of at least 4 members (excludes halogenated alkanes) is 3. The fourth-order valence-corrected chi connectivity index (χ4v) is 2.89. The van der Waals surface area contributed by atoms with Gasteiger partial charge in [0.15, 0.2) is 0 Å². The molecule has 0 aromatic carbocycles. The summed E-state index contributed by atoms with van der Waals surface area (Å²) in [7, 11) is 6.84. The average Bonchev–Trinajstić information content (AvgIpc) is 2.26. The summed E-state index contributed by atoms with van der Waals surface area (Å²) in [4.78, 5) is 0. The Morgan fingerprint density at radius 1 is 0.818 bits per heavy atom. The van der Waals surface area contributed by atoms with Gasteiger partial charge in [0.1, 0.15) is 0 Å². The van der Waals surface area contributed by atoms with Gasteiger partial charge in [-0.25, -0.2) is 0 Å². The summed E-state index contributed by atoms with van der Waals surface area (Å²) in [6, 6.07) is 0. The zero-order valence-electron chi connectivity index (χ0n) is 17.2. The standard InChI is InChI=1S/C20H45N2/c1-19(2,3)16-18(20(4,5)6)17-21-14-12-10-11-13-15-22(7,8)9/h18,21H,10-17H2,1-9H3/q+1. The molecule has 22 heavy (non-hydrogen) atoms. The van der Waals surface area contributed by atoms with Crippen LogP contribution in [0.5, 0.6) is 0 Å². The first-order valence-electron chi connectivity index (χ1n) is 9.32. The predicted octanol–water partition coefficient (Wildman–Crippen LogP) is 4.94. The number of hydrogen-bond donors (Lipinski definition) is 1. The van der Waals surface area contributed by atoms with Gasteiger partial charge in [0, 0.05) is 0 Å². The summed E-state index contributed by atoms with van der Waals surface area (Å²) in [6.07, 6.45) is 6.73. The SMILES string of the molecule is CC(C)(C)CC(CNCCCCCC[N+](C)(C)C)C(C)(C)C. The van der Waals surface area contributed by atoms with Crippen molar-refractivity contribution in [1.82, 2.24) is 5.32 Å². The first-order chi connectivity index (χ1) is 9.81. The van der Waals surface area contributed by atoms with Crippen LogP contribution in [-0.2, 0) is 0 Å². The molecular formula is C20H45N2+. The summed E-state index contributed by atoms with van der Waals surface area (Å²) < 4.78 is 1.10. The Labute approximate surface area is 141 Å². The molecule has 0 aromatic rings. The van der Waals surface area contributed by atoms with Gasteiger partial charge in [-0.15, -0.1) is 0 Å². The van der Waals surface area contributed by atoms with E-state index in [2.05, 4.69) is 68.0 Å². The second-order valence-electron chi connectivity index (χ2n) is 10.5. The van der Waals surface area contributed by atoms with Gasteiger partial charge in [0.05, 0.1) is 27.7 Å². The minimum Gasteiger partial charge on any atom is -0.331 e. The number of rotatable bonds is 10. The third-order valence-electron chi connectivity index (χ3n) is 4.41. The molecule has 0 spiro atoms. The quantitative estimate of drug-likeness (QED) is 0.445. The van der Waals surface area contributed by atoms with Gasteiger partial charge < -0.3 is 9.80 Å². The molecular weight excluding hydrogens is 268 g/mol. The minimum atomic E-state index is 0.394. The third-order valence-corrected chi connectivity index (χ3v) is 4.41. The van der Waals surface area contributed by atoms with Crippen molar-refractivity contribution in [3.63, 3.8) is 0 Å². The fraction of sp³-hybridized carbons (Fsp3) is 1.00. The molecule has 0 aliphatic carbocycles. The molecule has 0 rings (SSSR count). The fourth-order valence-electron chi connectivity index (χ4n) is 2.89.